The van der Waals surface area contributed by atoms with Crippen molar-refractivity contribution in [1.82, 2.24) is 9.38 Å². The molecule has 0 amide bonds. The fourth-order valence-corrected chi connectivity index (χ4v) is 2.05. The first-order valence-corrected chi connectivity index (χ1v) is 5.83. The predicted octanol–water partition coefficient (Wildman–Crippen LogP) is 3.70. The minimum Gasteiger partial charge on any atom is -0.300 e. The molecule has 0 aromatic carbocycles. The van der Waals surface area contributed by atoms with Crippen molar-refractivity contribution < 1.29 is 0 Å². The fraction of sp³-hybridized carbons (Fsp3) is 0.417. The van der Waals surface area contributed by atoms with Gasteiger partial charge < -0.3 is 0 Å². The van der Waals surface area contributed by atoms with Gasteiger partial charge in [0.05, 0.1) is 0 Å². The largest absolute Gasteiger partial charge is 0.300 e. The van der Waals surface area contributed by atoms with Gasteiger partial charge in [-0.2, -0.15) is 0 Å². The molecule has 2 aromatic heterocycles. The molecule has 0 spiro atoms. The van der Waals surface area contributed by atoms with E-state index in [-0.39, 0.29) is 5.41 Å². The SMILES string of the molecule is Cc1c(Br)ccc2ncc(C(C)(C)C)n12. The number of fused-ring (bicyclic) bond motifs is 1. The highest BCUT2D eigenvalue weighted by Gasteiger charge is 2.19. The fourth-order valence-electron chi connectivity index (χ4n) is 1.74. The van der Waals surface area contributed by atoms with Crippen molar-refractivity contribution in [3.05, 3.63) is 34.2 Å². The quantitative estimate of drug-likeness (QED) is 0.711. The van der Waals surface area contributed by atoms with Gasteiger partial charge in [0.25, 0.3) is 0 Å². The van der Waals surface area contributed by atoms with Gasteiger partial charge in [-0.3, -0.25) is 4.40 Å². The third kappa shape index (κ3) is 1.69. The molecule has 0 aliphatic heterocycles. The molecule has 0 fully saturated rings. The van der Waals surface area contributed by atoms with E-state index in [9.17, 15) is 0 Å². The summed E-state index contributed by atoms with van der Waals surface area (Å²) < 4.78 is 3.34. The molecule has 2 rings (SSSR count). The van der Waals surface area contributed by atoms with Crippen molar-refractivity contribution in [3.8, 4) is 0 Å². The lowest BCUT2D eigenvalue weighted by molar-refractivity contribution is 0.561. The lowest BCUT2D eigenvalue weighted by Gasteiger charge is -2.19. The maximum atomic E-state index is 4.43. The van der Waals surface area contributed by atoms with Gasteiger partial charge in [-0.25, -0.2) is 4.98 Å². The Morgan fingerprint density at radius 1 is 1.27 bits per heavy atom. The molecule has 80 valence electrons. The Morgan fingerprint density at radius 2 is 1.93 bits per heavy atom. The summed E-state index contributed by atoms with van der Waals surface area (Å²) in [6, 6.07) is 4.08. The average molecular weight is 267 g/mol. The highest BCUT2D eigenvalue weighted by molar-refractivity contribution is 9.10. The molecule has 15 heavy (non-hydrogen) atoms. The van der Waals surface area contributed by atoms with Crippen LogP contribution in [0.5, 0.6) is 0 Å². The van der Waals surface area contributed by atoms with Crippen LogP contribution in [0.1, 0.15) is 32.2 Å². The second-order valence-electron chi connectivity index (χ2n) is 4.85. The third-order valence-electron chi connectivity index (χ3n) is 2.62. The Kier molecular flexibility index (Phi) is 2.38. The molecule has 0 atom stereocenters. The molecule has 0 aliphatic carbocycles. The van der Waals surface area contributed by atoms with Gasteiger partial charge in [-0.15, -0.1) is 0 Å². The number of imidazole rings is 1. The van der Waals surface area contributed by atoms with Gasteiger partial charge in [0.15, 0.2) is 0 Å². The van der Waals surface area contributed by atoms with Gasteiger partial charge in [0, 0.05) is 27.5 Å². The van der Waals surface area contributed by atoms with Crippen molar-refractivity contribution in [1.29, 1.82) is 0 Å². The van der Waals surface area contributed by atoms with Gasteiger partial charge in [0.1, 0.15) is 5.65 Å². The van der Waals surface area contributed by atoms with E-state index in [1.54, 1.807) is 0 Å². The molecule has 2 heterocycles. The van der Waals surface area contributed by atoms with E-state index in [1.165, 1.54) is 11.4 Å². The summed E-state index contributed by atoms with van der Waals surface area (Å²) >= 11 is 3.55. The van der Waals surface area contributed by atoms with Crippen LogP contribution in [0.2, 0.25) is 0 Å². The zero-order chi connectivity index (χ0) is 11.2. The molecule has 3 heteroatoms. The lowest BCUT2D eigenvalue weighted by Crippen LogP contribution is -2.15. The van der Waals surface area contributed by atoms with Crippen molar-refractivity contribution in [2.24, 2.45) is 0 Å². The number of aromatic nitrogens is 2. The highest BCUT2D eigenvalue weighted by Crippen LogP contribution is 2.26. The molecule has 2 aromatic rings. The van der Waals surface area contributed by atoms with E-state index in [0.29, 0.717) is 0 Å². The first-order valence-electron chi connectivity index (χ1n) is 5.04. The molecule has 0 saturated heterocycles. The van der Waals surface area contributed by atoms with E-state index in [0.717, 1.165) is 10.1 Å². The Bertz CT molecular complexity index is 506. The zero-order valence-corrected chi connectivity index (χ0v) is 11.1. The lowest BCUT2D eigenvalue weighted by atomic mass is 9.93. The molecular formula is C12H15BrN2. The summed E-state index contributed by atoms with van der Waals surface area (Å²) in [5.41, 5.74) is 3.58. The summed E-state index contributed by atoms with van der Waals surface area (Å²) in [5.74, 6) is 0. The van der Waals surface area contributed by atoms with Crippen LogP contribution in [0.25, 0.3) is 5.65 Å². The molecule has 0 unspecified atom stereocenters. The normalized spacial score (nSPS) is 12.3. The van der Waals surface area contributed by atoms with E-state index < -0.39 is 0 Å². The first kappa shape index (κ1) is 10.7. The van der Waals surface area contributed by atoms with Crippen molar-refractivity contribution in [2.45, 2.75) is 33.1 Å². The first-order chi connectivity index (χ1) is 6.91. The number of nitrogens with zero attached hydrogens (tertiary/aromatic N) is 2. The number of hydrogen-bond donors (Lipinski definition) is 0. The van der Waals surface area contributed by atoms with Gasteiger partial charge >= 0.3 is 0 Å². The van der Waals surface area contributed by atoms with E-state index in [4.69, 9.17) is 0 Å². The number of hydrogen-bond acceptors (Lipinski definition) is 1. The van der Waals surface area contributed by atoms with Crippen LogP contribution in [0.4, 0.5) is 0 Å². The van der Waals surface area contributed by atoms with Crippen LogP contribution in [0.3, 0.4) is 0 Å². The summed E-state index contributed by atoms with van der Waals surface area (Å²) in [6.45, 7) is 8.72. The molecule has 2 nitrogen and oxygen atoms in total. The van der Waals surface area contributed by atoms with E-state index >= 15 is 0 Å². The van der Waals surface area contributed by atoms with Crippen LogP contribution >= 0.6 is 15.9 Å². The Balaban J connectivity index is 2.84. The van der Waals surface area contributed by atoms with Crippen LogP contribution in [-0.4, -0.2) is 9.38 Å². The van der Waals surface area contributed by atoms with Gasteiger partial charge in [-0.05, 0) is 35.0 Å². The number of rotatable bonds is 0. The van der Waals surface area contributed by atoms with Gasteiger partial charge in [-0.1, -0.05) is 20.8 Å². The Hall–Kier alpha value is -0.830. The molecule has 0 N–H and O–H groups in total. The van der Waals surface area contributed by atoms with Crippen LogP contribution in [0, 0.1) is 6.92 Å². The number of aryl methyl sites for hydroxylation is 1. The topological polar surface area (TPSA) is 17.3 Å². The third-order valence-corrected chi connectivity index (χ3v) is 3.46. The van der Waals surface area contributed by atoms with Crippen molar-refractivity contribution in [2.75, 3.05) is 0 Å². The number of pyridine rings is 1. The van der Waals surface area contributed by atoms with E-state index in [1.807, 2.05) is 18.3 Å². The smallest absolute Gasteiger partial charge is 0.137 e. The monoisotopic (exact) mass is 266 g/mol. The Morgan fingerprint density at radius 3 is 2.53 bits per heavy atom. The predicted molar refractivity (Wildman–Crippen MR) is 66.3 cm³/mol. The zero-order valence-electron chi connectivity index (χ0n) is 9.50. The maximum absolute atomic E-state index is 4.43. The van der Waals surface area contributed by atoms with Crippen LogP contribution in [-0.2, 0) is 5.41 Å². The van der Waals surface area contributed by atoms with Crippen LogP contribution < -0.4 is 0 Å². The van der Waals surface area contributed by atoms with Crippen LogP contribution in [0.15, 0.2) is 22.8 Å². The summed E-state index contributed by atoms with van der Waals surface area (Å²) in [4.78, 5) is 4.43. The number of halogens is 1. The minimum absolute atomic E-state index is 0.116. The molecular weight excluding hydrogens is 252 g/mol. The second-order valence-corrected chi connectivity index (χ2v) is 5.71. The second kappa shape index (κ2) is 3.34. The summed E-state index contributed by atoms with van der Waals surface area (Å²) in [7, 11) is 0. The summed E-state index contributed by atoms with van der Waals surface area (Å²) in [5, 5.41) is 0. The minimum atomic E-state index is 0.116. The Labute approximate surface area is 98.5 Å². The van der Waals surface area contributed by atoms with Crippen molar-refractivity contribution in [3.63, 3.8) is 0 Å². The maximum Gasteiger partial charge on any atom is 0.137 e. The molecule has 0 aliphatic rings. The summed E-state index contributed by atoms with van der Waals surface area (Å²) in [6.07, 6.45) is 1.97. The highest BCUT2D eigenvalue weighted by atomic mass is 79.9. The van der Waals surface area contributed by atoms with E-state index in [2.05, 4.69) is 53.0 Å². The van der Waals surface area contributed by atoms with Crippen molar-refractivity contribution >= 4 is 21.6 Å². The standard InChI is InChI=1S/C12H15BrN2/c1-8-9(13)5-6-11-14-7-10(15(8)11)12(2,3)4/h5-7H,1-4H3. The average Bonchev–Trinajstić information content (AvgIpc) is 2.54. The van der Waals surface area contributed by atoms with Gasteiger partial charge in [0.2, 0.25) is 0 Å². The molecule has 0 radical (unpaired) electrons. The molecule has 0 saturated carbocycles. The molecule has 0 bridgehead atoms.